The van der Waals surface area contributed by atoms with Gasteiger partial charge in [-0.2, -0.15) is 5.10 Å². The lowest BCUT2D eigenvalue weighted by Gasteiger charge is -2.35. The standard InChI is InChI=1S/C19H22N4O/c1-14-11-18(24-22-14)16-12-20-21-19(16)17-9-5-6-10-23(17)13-15-7-3-2-4-8-15/h2-4,7-8,11-12,17H,5-6,9-10,13H2,1H3,(H,20,21)/t17-/m1/s1. The molecule has 0 bridgehead atoms. The van der Waals surface area contributed by atoms with Crippen LogP contribution in [0, 0.1) is 6.92 Å². The van der Waals surface area contributed by atoms with E-state index < -0.39 is 0 Å². The van der Waals surface area contributed by atoms with E-state index in [0.29, 0.717) is 6.04 Å². The van der Waals surface area contributed by atoms with E-state index in [-0.39, 0.29) is 0 Å². The largest absolute Gasteiger partial charge is 0.356 e. The maximum Gasteiger partial charge on any atom is 0.170 e. The lowest BCUT2D eigenvalue weighted by atomic mass is 9.95. The molecule has 124 valence electrons. The first-order valence-corrected chi connectivity index (χ1v) is 8.56. The first kappa shape index (κ1) is 15.1. The molecule has 5 nitrogen and oxygen atoms in total. The van der Waals surface area contributed by atoms with Crippen LogP contribution in [-0.2, 0) is 6.54 Å². The molecule has 0 unspecified atom stereocenters. The molecule has 3 aromatic rings. The Hall–Kier alpha value is -2.40. The number of benzene rings is 1. The number of nitrogens with zero attached hydrogens (tertiary/aromatic N) is 3. The molecule has 4 rings (SSSR count). The number of aromatic nitrogens is 3. The fourth-order valence-corrected chi connectivity index (χ4v) is 3.56. The van der Waals surface area contributed by atoms with Crippen LogP contribution in [0.4, 0.5) is 0 Å². The number of nitrogens with one attached hydrogen (secondary N) is 1. The normalized spacial score (nSPS) is 18.8. The molecular weight excluding hydrogens is 300 g/mol. The van der Waals surface area contributed by atoms with E-state index in [0.717, 1.165) is 42.2 Å². The number of hydrogen-bond acceptors (Lipinski definition) is 4. The lowest BCUT2D eigenvalue weighted by Crippen LogP contribution is -2.33. The van der Waals surface area contributed by atoms with Gasteiger partial charge in [-0.3, -0.25) is 10.00 Å². The van der Waals surface area contributed by atoms with Crippen molar-refractivity contribution in [1.29, 1.82) is 0 Å². The lowest BCUT2D eigenvalue weighted by molar-refractivity contribution is 0.137. The average molecular weight is 322 g/mol. The summed E-state index contributed by atoms with van der Waals surface area (Å²) in [6, 6.07) is 13.0. The molecule has 0 saturated carbocycles. The smallest absolute Gasteiger partial charge is 0.170 e. The molecule has 1 fully saturated rings. The first-order chi connectivity index (χ1) is 11.8. The third kappa shape index (κ3) is 2.99. The van der Waals surface area contributed by atoms with Crippen molar-refractivity contribution >= 4 is 0 Å². The van der Waals surface area contributed by atoms with Crippen molar-refractivity contribution in [3.05, 3.63) is 59.5 Å². The van der Waals surface area contributed by atoms with E-state index >= 15 is 0 Å². The number of piperidine rings is 1. The van der Waals surface area contributed by atoms with Gasteiger partial charge in [0, 0.05) is 12.6 Å². The zero-order chi connectivity index (χ0) is 16.4. The summed E-state index contributed by atoms with van der Waals surface area (Å²) in [5.74, 6) is 0.793. The molecule has 1 N–H and O–H groups in total. The van der Waals surface area contributed by atoms with Gasteiger partial charge in [0.15, 0.2) is 5.76 Å². The van der Waals surface area contributed by atoms with Crippen molar-refractivity contribution in [2.75, 3.05) is 6.54 Å². The monoisotopic (exact) mass is 322 g/mol. The fourth-order valence-electron chi connectivity index (χ4n) is 3.56. The highest BCUT2D eigenvalue weighted by atomic mass is 16.5. The third-order valence-electron chi connectivity index (χ3n) is 4.74. The molecule has 0 radical (unpaired) electrons. The summed E-state index contributed by atoms with van der Waals surface area (Å²) in [5.41, 5.74) is 4.41. The van der Waals surface area contributed by atoms with Crippen molar-refractivity contribution in [3.63, 3.8) is 0 Å². The van der Waals surface area contributed by atoms with Gasteiger partial charge < -0.3 is 4.52 Å². The second-order valence-corrected chi connectivity index (χ2v) is 6.50. The molecule has 1 aromatic carbocycles. The summed E-state index contributed by atoms with van der Waals surface area (Å²) in [6.07, 6.45) is 5.47. The number of aryl methyl sites for hydroxylation is 1. The summed E-state index contributed by atoms with van der Waals surface area (Å²) >= 11 is 0. The number of hydrogen-bond donors (Lipinski definition) is 1. The van der Waals surface area contributed by atoms with Crippen LogP contribution in [0.1, 0.15) is 42.3 Å². The minimum atomic E-state index is 0.335. The quantitative estimate of drug-likeness (QED) is 0.785. The number of likely N-dealkylation sites (tertiary alicyclic amines) is 1. The summed E-state index contributed by atoms with van der Waals surface area (Å²) in [6.45, 7) is 4.00. The van der Waals surface area contributed by atoms with Crippen molar-refractivity contribution < 1.29 is 4.52 Å². The van der Waals surface area contributed by atoms with Gasteiger partial charge in [-0.05, 0) is 31.9 Å². The molecule has 0 amide bonds. The molecule has 3 heterocycles. The predicted octanol–water partition coefficient (Wildman–Crippen LogP) is 4.10. The maximum atomic E-state index is 5.47. The highest BCUT2D eigenvalue weighted by Crippen LogP contribution is 2.36. The van der Waals surface area contributed by atoms with E-state index in [1.54, 1.807) is 0 Å². The summed E-state index contributed by atoms with van der Waals surface area (Å²) in [5, 5.41) is 11.5. The van der Waals surface area contributed by atoms with Crippen LogP contribution in [0.3, 0.4) is 0 Å². The van der Waals surface area contributed by atoms with Gasteiger partial charge in [0.2, 0.25) is 0 Å². The molecule has 1 atom stereocenters. The number of H-pyrrole nitrogens is 1. The van der Waals surface area contributed by atoms with Gasteiger partial charge >= 0.3 is 0 Å². The zero-order valence-electron chi connectivity index (χ0n) is 13.9. The Labute approximate surface area is 141 Å². The first-order valence-electron chi connectivity index (χ1n) is 8.56. The summed E-state index contributed by atoms with van der Waals surface area (Å²) < 4.78 is 5.47. The molecule has 24 heavy (non-hydrogen) atoms. The van der Waals surface area contributed by atoms with Gasteiger partial charge in [0.05, 0.1) is 29.2 Å². The molecule has 1 aliphatic heterocycles. The Morgan fingerprint density at radius 3 is 2.92 bits per heavy atom. The van der Waals surface area contributed by atoms with E-state index in [1.165, 1.54) is 18.4 Å². The van der Waals surface area contributed by atoms with Crippen LogP contribution >= 0.6 is 0 Å². The van der Waals surface area contributed by atoms with Crippen molar-refractivity contribution in [1.82, 2.24) is 20.3 Å². The minimum absolute atomic E-state index is 0.335. The maximum absolute atomic E-state index is 5.47. The Kier molecular flexibility index (Phi) is 4.17. The second kappa shape index (κ2) is 6.61. The summed E-state index contributed by atoms with van der Waals surface area (Å²) in [4.78, 5) is 2.54. The van der Waals surface area contributed by atoms with Crippen molar-refractivity contribution in [3.8, 4) is 11.3 Å². The minimum Gasteiger partial charge on any atom is -0.356 e. The summed E-state index contributed by atoms with van der Waals surface area (Å²) in [7, 11) is 0. The average Bonchev–Trinajstić information content (AvgIpc) is 3.25. The van der Waals surface area contributed by atoms with Crippen molar-refractivity contribution in [2.45, 2.75) is 38.8 Å². The van der Waals surface area contributed by atoms with E-state index in [9.17, 15) is 0 Å². The molecule has 1 saturated heterocycles. The van der Waals surface area contributed by atoms with Gasteiger partial charge in [0.1, 0.15) is 0 Å². The molecule has 2 aromatic heterocycles. The Morgan fingerprint density at radius 1 is 1.25 bits per heavy atom. The molecule has 1 aliphatic rings. The van der Waals surface area contributed by atoms with Crippen LogP contribution in [0.25, 0.3) is 11.3 Å². The van der Waals surface area contributed by atoms with Crippen LogP contribution in [-0.4, -0.2) is 26.8 Å². The predicted molar refractivity (Wildman–Crippen MR) is 92.3 cm³/mol. The van der Waals surface area contributed by atoms with Crippen LogP contribution in [0.5, 0.6) is 0 Å². The van der Waals surface area contributed by atoms with E-state index in [4.69, 9.17) is 4.52 Å². The van der Waals surface area contributed by atoms with Crippen molar-refractivity contribution in [2.24, 2.45) is 0 Å². The Balaban J connectivity index is 1.63. The molecule has 5 heteroatoms. The van der Waals surface area contributed by atoms with Gasteiger partial charge in [-0.25, -0.2) is 0 Å². The highest BCUT2D eigenvalue weighted by molar-refractivity contribution is 5.60. The van der Waals surface area contributed by atoms with Gasteiger partial charge in [0.25, 0.3) is 0 Å². The SMILES string of the molecule is Cc1cc(-c2cn[nH]c2[C@H]2CCCCN2Cc2ccccc2)on1. The molecule has 0 spiro atoms. The number of rotatable bonds is 4. The topological polar surface area (TPSA) is 58.0 Å². The van der Waals surface area contributed by atoms with Crippen LogP contribution in [0.2, 0.25) is 0 Å². The highest BCUT2D eigenvalue weighted by Gasteiger charge is 2.28. The van der Waals surface area contributed by atoms with Crippen LogP contribution < -0.4 is 0 Å². The van der Waals surface area contributed by atoms with E-state index in [1.807, 2.05) is 19.2 Å². The van der Waals surface area contributed by atoms with Gasteiger partial charge in [-0.15, -0.1) is 0 Å². The number of aromatic amines is 1. The fraction of sp³-hybridized carbons (Fsp3) is 0.368. The second-order valence-electron chi connectivity index (χ2n) is 6.50. The third-order valence-corrected chi connectivity index (χ3v) is 4.74. The Morgan fingerprint density at radius 2 is 2.12 bits per heavy atom. The zero-order valence-corrected chi connectivity index (χ0v) is 13.9. The Bertz CT molecular complexity index is 793. The van der Waals surface area contributed by atoms with Crippen LogP contribution in [0.15, 0.2) is 47.1 Å². The molecule has 0 aliphatic carbocycles. The van der Waals surface area contributed by atoms with Gasteiger partial charge in [-0.1, -0.05) is 41.9 Å². The molecular formula is C19H22N4O. The van der Waals surface area contributed by atoms with E-state index in [2.05, 4.69) is 50.6 Å².